The molecule has 4 nitrogen and oxygen atoms in total. The molecule has 0 radical (unpaired) electrons. The number of carbonyl (C=O) groups is 2. The maximum absolute atomic E-state index is 11.7. The molecule has 4 heteroatoms. The smallest absolute Gasteiger partial charge is 0.306 e. The van der Waals surface area contributed by atoms with E-state index in [0.717, 1.165) is 19.3 Å². The molecule has 0 spiro atoms. The van der Waals surface area contributed by atoms with E-state index in [9.17, 15) is 9.59 Å². The number of unbranched alkanes of at least 4 members (excludes halogenated alkanes) is 12. The Hall–Kier alpha value is -1.06. The molecule has 30 heavy (non-hydrogen) atoms. The largest absolute Gasteiger partial charge is 0.466 e. The third kappa shape index (κ3) is 18.9. The average molecular weight is 427 g/mol. The van der Waals surface area contributed by atoms with Crippen molar-refractivity contribution < 1.29 is 19.1 Å². The summed E-state index contributed by atoms with van der Waals surface area (Å²) >= 11 is 0. The van der Waals surface area contributed by atoms with E-state index in [1.54, 1.807) is 0 Å². The van der Waals surface area contributed by atoms with Gasteiger partial charge >= 0.3 is 11.9 Å². The van der Waals surface area contributed by atoms with Gasteiger partial charge in [-0.05, 0) is 38.5 Å². The lowest BCUT2D eigenvalue weighted by Gasteiger charge is -2.19. The number of esters is 2. The Morgan fingerprint density at radius 2 is 1.00 bits per heavy atom. The number of hydrogen-bond acceptors (Lipinski definition) is 4. The standard InChI is InChI=1S/C26H50O4/c1-5-29-25(27)21-19-17-15-13-11-9-7-8-10-12-14-16-18-20-24(23(3)4)22-26(28)30-6-2/h23-24H,5-22H2,1-4H3. The Labute approximate surface area is 186 Å². The molecule has 0 rings (SSSR count). The zero-order valence-electron chi connectivity index (χ0n) is 20.5. The highest BCUT2D eigenvalue weighted by Gasteiger charge is 2.17. The van der Waals surface area contributed by atoms with Crippen molar-refractivity contribution in [2.24, 2.45) is 11.8 Å². The summed E-state index contributed by atoms with van der Waals surface area (Å²) in [6.07, 6.45) is 18.9. The minimum atomic E-state index is -0.0473. The van der Waals surface area contributed by atoms with Gasteiger partial charge in [0.25, 0.3) is 0 Å². The predicted molar refractivity (Wildman–Crippen MR) is 125 cm³/mol. The topological polar surface area (TPSA) is 52.6 Å². The molecule has 0 aliphatic heterocycles. The molecule has 0 aromatic heterocycles. The first kappa shape index (κ1) is 28.9. The lowest BCUT2D eigenvalue weighted by Crippen LogP contribution is -2.16. The molecule has 0 heterocycles. The van der Waals surface area contributed by atoms with Crippen LogP contribution >= 0.6 is 0 Å². The Bertz CT molecular complexity index is 406. The summed E-state index contributed by atoms with van der Waals surface area (Å²) in [5, 5.41) is 0. The van der Waals surface area contributed by atoms with Crippen LogP contribution in [-0.2, 0) is 19.1 Å². The van der Waals surface area contributed by atoms with Gasteiger partial charge in [-0.15, -0.1) is 0 Å². The van der Waals surface area contributed by atoms with E-state index in [0.29, 0.717) is 37.9 Å². The van der Waals surface area contributed by atoms with Gasteiger partial charge in [0.15, 0.2) is 0 Å². The van der Waals surface area contributed by atoms with Crippen LogP contribution in [0.2, 0.25) is 0 Å². The van der Waals surface area contributed by atoms with E-state index in [4.69, 9.17) is 9.47 Å². The fourth-order valence-electron chi connectivity index (χ4n) is 3.96. The van der Waals surface area contributed by atoms with Gasteiger partial charge in [-0.1, -0.05) is 90.9 Å². The van der Waals surface area contributed by atoms with Gasteiger partial charge in [-0.25, -0.2) is 0 Å². The molecule has 0 aromatic rings. The lowest BCUT2D eigenvalue weighted by molar-refractivity contribution is -0.145. The Kier molecular flexibility index (Phi) is 20.4. The first-order valence-electron chi connectivity index (χ1n) is 12.8. The van der Waals surface area contributed by atoms with E-state index in [1.807, 2.05) is 13.8 Å². The molecular weight excluding hydrogens is 376 g/mol. The number of hydrogen-bond donors (Lipinski definition) is 0. The summed E-state index contributed by atoms with van der Waals surface area (Å²) in [6.45, 7) is 9.14. The van der Waals surface area contributed by atoms with Gasteiger partial charge in [0, 0.05) is 12.8 Å². The lowest BCUT2D eigenvalue weighted by atomic mass is 9.87. The first-order chi connectivity index (χ1) is 14.5. The van der Waals surface area contributed by atoms with Gasteiger partial charge in [-0.2, -0.15) is 0 Å². The maximum atomic E-state index is 11.7. The van der Waals surface area contributed by atoms with Gasteiger partial charge < -0.3 is 9.47 Å². The molecule has 0 N–H and O–H groups in total. The van der Waals surface area contributed by atoms with E-state index in [-0.39, 0.29) is 11.9 Å². The Morgan fingerprint density at radius 3 is 1.43 bits per heavy atom. The second kappa shape index (κ2) is 21.2. The number of rotatable bonds is 21. The third-order valence-electron chi connectivity index (χ3n) is 5.94. The van der Waals surface area contributed by atoms with Crippen LogP contribution in [0.1, 0.15) is 130 Å². The third-order valence-corrected chi connectivity index (χ3v) is 5.94. The van der Waals surface area contributed by atoms with E-state index >= 15 is 0 Å². The van der Waals surface area contributed by atoms with Crippen molar-refractivity contribution in [2.75, 3.05) is 13.2 Å². The molecule has 0 saturated heterocycles. The summed E-state index contributed by atoms with van der Waals surface area (Å²) in [6, 6.07) is 0. The van der Waals surface area contributed by atoms with Crippen LogP contribution in [0.25, 0.3) is 0 Å². The van der Waals surface area contributed by atoms with Crippen molar-refractivity contribution in [3.63, 3.8) is 0 Å². The molecule has 0 aliphatic rings. The van der Waals surface area contributed by atoms with Crippen LogP contribution in [0.4, 0.5) is 0 Å². The van der Waals surface area contributed by atoms with Crippen LogP contribution in [0.3, 0.4) is 0 Å². The molecule has 0 saturated carbocycles. The summed E-state index contributed by atoms with van der Waals surface area (Å²) in [5.41, 5.74) is 0. The molecule has 0 aromatic carbocycles. The number of carbonyl (C=O) groups excluding carboxylic acids is 2. The molecule has 1 atom stereocenters. The molecule has 0 bridgehead atoms. The van der Waals surface area contributed by atoms with Crippen LogP contribution in [0, 0.1) is 11.8 Å². The Morgan fingerprint density at radius 1 is 0.600 bits per heavy atom. The normalized spacial score (nSPS) is 12.2. The highest BCUT2D eigenvalue weighted by molar-refractivity contribution is 5.69. The quantitative estimate of drug-likeness (QED) is 0.140. The molecular formula is C26H50O4. The fourth-order valence-corrected chi connectivity index (χ4v) is 3.96. The predicted octanol–water partition coefficient (Wildman–Crippen LogP) is 7.63. The van der Waals surface area contributed by atoms with Crippen molar-refractivity contribution in [1.82, 2.24) is 0 Å². The van der Waals surface area contributed by atoms with Crippen molar-refractivity contribution in [1.29, 1.82) is 0 Å². The SMILES string of the molecule is CCOC(=O)CCCCCCCCCCCCCCCC(CC(=O)OCC)C(C)C. The van der Waals surface area contributed by atoms with Crippen LogP contribution in [0.5, 0.6) is 0 Å². The fraction of sp³-hybridized carbons (Fsp3) is 0.923. The molecule has 0 fully saturated rings. The van der Waals surface area contributed by atoms with E-state index < -0.39 is 0 Å². The second-order valence-electron chi connectivity index (χ2n) is 8.95. The zero-order valence-corrected chi connectivity index (χ0v) is 20.5. The molecule has 1 unspecified atom stereocenters. The Balaban J connectivity index is 3.39. The summed E-state index contributed by atoms with van der Waals surface area (Å²) in [4.78, 5) is 23.0. The highest BCUT2D eigenvalue weighted by Crippen LogP contribution is 2.23. The zero-order chi connectivity index (χ0) is 22.5. The van der Waals surface area contributed by atoms with Gasteiger partial charge in [0.05, 0.1) is 13.2 Å². The highest BCUT2D eigenvalue weighted by atomic mass is 16.5. The van der Waals surface area contributed by atoms with Gasteiger partial charge in [0.2, 0.25) is 0 Å². The number of ether oxygens (including phenoxy) is 2. The van der Waals surface area contributed by atoms with Crippen LogP contribution < -0.4 is 0 Å². The van der Waals surface area contributed by atoms with Crippen LogP contribution in [0.15, 0.2) is 0 Å². The molecule has 178 valence electrons. The van der Waals surface area contributed by atoms with Crippen LogP contribution in [-0.4, -0.2) is 25.2 Å². The van der Waals surface area contributed by atoms with Crippen molar-refractivity contribution in [3.05, 3.63) is 0 Å². The first-order valence-corrected chi connectivity index (χ1v) is 12.8. The van der Waals surface area contributed by atoms with E-state index in [2.05, 4.69) is 13.8 Å². The monoisotopic (exact) mass is 426 g/mol. The van der Waals surface area contributed by atoms with Crippen molar-refractivity contribution in [3.8, 4) is 0 Å². The minimum absolute atomic E-state index is 0.0344. The van der Waals surface area contributed by atoms with Gasteiger partial charge in [-0.3, -0.25) is 9.59 Å². The summed E-state index contributed by atoms with van der Waals surface area (Å²) < 4.78 is 10.0. The van der Waals surface area contributed by atoms with Gasteiger partial charge in [0.1, 0.15) is 0 Å². The average Bonchev–Trinajstić information content (AvgIpc) is 2.70. The van der Waals surface area contributed by atoms with E-state index in [1.165, 1.54) is 70.6 Å². The molecule has 0 aliphatic carbocycles. The molecule has 0 amide bonds. The second-order valence-corrected chi connectivity index (χ2v) is 8.95. The van der Waals surface area contributed by atoms with Crippen molar-refractivity contribution >= 4 is 11.9 Å². The van der Waals surface area contributed by atoms with Crippen molar-refractivity contribution in [2.45, 2.75) is 130 Å². The minimum Gasteiger partial charge on any atom is -0.466 e. The maximum Gasteiger partial charge on any atom is 0.306 e. The summed E-state index contributed by atoms with van der Waals surface area (Å²) in [7, 11) is 0. The summed E-state index contributed by atoms with van der Waals surface area (Å²) in [5.74, 6) is 0.933.